The monoisotopic (exact) mass is 962 g/mol. The second-order valence-corrected chi connectivity index (χ2v) is 16.5. The predicted octanol–water partition coefficient (Wildman–Crippen LogP) is 8.63. The Kier molecular flexibility index (Phi) is 16.4. The van der Waals surface area contributed by atoms with Crippen molar-refractivity contribution in [1.29, 1.82) is 0 Å². The molecule has 2 fully saturated rings. The summed E-state index contributed by atoms with van der Waals surface area (Å²) in [6, 6.07) is 48.2. The average molecular weight is 963 g/mol. The maximum absolute atomic E-state index is 14.2. The summed E-state index contributed by atoms with van der Waals surface area (Å²) in [5.74, 6) is -5.11. The van der Waals surface area contributed by atoms with Crippen molar-refractivity contribution in [2.75, 3.05) is 0 Å². The molecule has 2 heterocycles. The van der Waals surface area contributed by atoms with Crippen molar-refractivity contribution in [3.05, 3.63) is 215 Å². The minimum atomic E-state index is -1.76. The molecule has 2 aliphatic heterocycles. The molecule has 2 aliphatic rings. The maximum atomic E-state index is 14.2. The van der Waals surface area contributed by atoms with Gasteiger partial charge >= 0.3 is 35.8 Å². The number of hydrogen-bond donors (Lipinski definition) is 0. The van der Waals surface area contributed by atoms with Gasteiger partial charge in [-0.25, -0.2) is 28.8 Å². The normalized spacial score (nSPS) is 23.7. The SMILES string of the molecule is CCC1O[C@H](O[C@H]2OC(CC)[C@H](OC(=O)c3ccccc3)C(OC(=O)c3ccccc3)C2OC(=O)c2ccccc2)C(OC(=O)c2ccccc2)C(OC(=O)c2ccccc2)[C@@H]1OC(=O)c1ccccc1. The first-order valence-corrected chi connectivity index (χ1v) is 23.1. The molecule has 2 saturated heterocycles. The molecular weight excluding hydrogens is 913 g/mol. The fourth-order valence-corrected chi connectivity index (χ4v) is 8.16. The maximum Gasteiger partial charge on any atom is 0.338 e. The molecule has 6 unspecified atom stereocenters. The summed E-state index contributed by atoms with van der Waals surface area (Å²) < 4.78 is 57.2. The van der Waals surface area contributed by atoms with Crippen molar-refractivity contribution in [2.24, 2.45) is 0 Å². The van der Waals surface area contributed by atoms with E-state index in [-0.39, 0.29) is 46.2 Å². The van der Waals surface area contributed by atoms with Gasteiger partial charge in [0.1, 0.15) is 12.2 Å². The fraction of sp³-hybridized carbons (Fsp3) is 0.250. The molecule has 15 heteroatoms. The Balaban J connectivity index is 1.23. The van der Waals surface area contributed by atoms with Gasteiger partial charge < -0.3 is 42.6 Å². The highest BCUT2D eigenvalue weighted by Gasteiger charge is 2.58. The molecule has 0 amide bonds. The van der Waals surface area contributed by atoms with Gasteiger partial charge in [0.2, 0.25) is 12.6 Å². The van der Waals surface area contributed by atoms with Crippen LogP contribution >= 0.6 is 0 Å². The van der Waals surface area contributed by atoms with Gasteiger partial charge in [0.05, 0.1) is 33.4 Å². The first-order chi connectivity index (χ1) is 34.6. The highest BCUT2D eigenvalue weighted by Crippen LogP contribution is 2.38. The van der Waals surface area contributed by atoms with Crippen LogP contribution in [0.2, 0.25) is 0 Å². The van der Waals surface area contributed by atoms with Gasteiger partial charge in [-0.15, -0.1) is 0 Å². The zero-order valence-corrected chi connectivity index (χ0v) is 38.6. The summed E-state index contributed by atoms with van der Waals surface area (Å²) in [5.41, 5.74) is 0.795. The van der Waals surface area contributed by atoms with Gasteiger partial charge in [-0.2, -0.15) is 0 Å². The van der Waals surface area contributed by atoms with Crippen molar-refractivity contribution < 1.29 is 71.4 Å². The quantitative estimate of drug-likeness (QED) is 0.0663. The van der Waals surface area contributed by atoms with Crippen LogP contribution < -0.4 is 0 Å². The smallest absolute Gasteiger partial charge is 0.338 e. The Labute approximate surface area is 409 Å². The topological polar surface area (TPSA) is 185 Å². The molecule has 0 radical (unpaired) electrons. The zero-order chi connectivity index (χ0) is 49.7. The van der Waals surface area contributed by atoms with Crippen LogP contribution in [0.25, 0.3) is 0 Å². The van der Waals surface area contributed by atoms with Crippen LogP contribution in [-0.4, -0.2) is 97.2 Å². The predicted molar refractivity (Wildman–Crippen MR) is 253 cm³/mol. The van der Waals surface area contributed by atoms with E-state index in [0.717, 1.165) is 0 Å². The molecule has 6 aromatic rings. The van der Waals surface area contributed by atoms with E-state index in [1.165, 1.54) is 48.5 Å². The van der Waals surface area contributed by atoms with Crippen molar-refractivity contribution in [2.45, 2.75) is 88.1 Å². The van der Waals surface area contributed by atoms with Gasteiger partial charge in [-0.1, -0.05) is 123 Å². The van der Waals surface area contributed by atoms with Crippen molar-refractivity contribution in [3.8, 4) is 0 Å². The van der Waals surface area contributed by atoms with Crippen LogP contribution in [-0.2, 0) is 42.6 Å². The molecule has 0 spiro atoms. The Hall–Kier alpha value is -7.98. The van der Waals surface area contributed by atoms with Crippen LogP contribution in [0.3, 0.4) is 0 Å². The van der Waals surface area contributed by atoms with Gasteiger partial charge in [0.25, 0.3) is 0 Å². The van der Waals surface area contributed by atoms with Gasteiger partial charge in [0, 0.05) is 0 Å². The van der Waals surface area contributed by atoms with Crippen LogP contribution in [0.5, 0.6) is 0 Å². The molecule has 0 saturated carbocycles. The lowest BCUT2D eigenvalue weighted by Crippen LogP contribution is -2.66. The summed E-state index contributed by atoms with van der Waals surface area (Å²) in [7, 11) is 0. The first kappa shape index (κ1) is 49.4. The van der Waals surface area contributed by atoms with Crippen molar-refractivity contribution in [3.63, 3.8) is 0 Å². The first-order valence-electron chi connectivity index (χ1n) is 23.1. The van der Waals surface area contributed by atoms with Gasteiger partial charge in [-0.05, 0) is 85.6 Å². The Morgan fingerprint density at radius 1 is 0.310 bits per heavy atom. The number of ether oxygens (including phenoxy) is 9. The van der Waals surface area contributed by atoms with E-state index in [1.54, 1.807) is 147 Å². The summed E-state index contributed by atoms with van der Waals surface area (Å²) in [4.78, 5) is 84.4. The third-order valence-electron chi connectivity index (χ3n) is 11.8. The van der Waals surface area contributed by atoms with Crippen LogP contribution in [0.15, 0.2) is 182 Å². The third-order valence-corrected chi connectivity index (χ3v) is 11.8. The lowest BCUT2D eigenvalue weighted by molar-refractivity contribution is -0.370. The number of rotatable bonds is 16. The molecule has 71 heavy (non-hydrogen) atoms. The molecule has 6 aromatic carbocycles. The summed E-state index contributed by atoms with van der Waals surface area (Å²) in [6.07, 6.45) is -15.1. The van der Waals surface area contributed by atoms with E-state index in [4.69, 9.17) is 42.6 Å². The Morgan fingerprint density at radius 3 is 0.718 bits per heavy atom. The second kappa shape index (κ2) is 23.6. The van der Waals surface area contributed by atoms with E-state index in [1.807, 2.05) is 0 Å². The Bertz CT molecular complexity index is 2540. The number of hydrogen-bond acceptors (Lipinski definition) is 15. The van der Waals surface area contributed by atoms with Gasteiger partial charge in [-0.3, -0.25) is 0 Å². The van der Waals surface area contributed by atoms with Crippen molar-refractivity contribution >= 4 is 35.8 Å². The second-order valence-electron chi connectivity index (χ2n) is 16.5. The third kappa shape index (κ3) is 12.1. The molecule has 0 aliphatic carbocycles. The number of carbonyl (C=O) groups is 6. The molecule has 10 atom stereocenters. The fourth-order valence-electron chi connectivity index (χ4n) is 8.16. The van der Waals surface area contributed by atoms with E-state index in [0.29, 0.717) is 0 Å². The molecule has 0 N–H and O–H groups in total. The van der Waals surface area contributed by atoms with Crippen LogP contribution in [0.4, 0.5) is 0 Å². The molecule has 364 valence electrons. The average Bonchev–Trinajstić information content (AvgIpc) is 3.42. The largest absolute Gasteiger partial charge is 0.452 e. The molecule has 0 bridgehead atoms. The molecule has 15 nitrogen and oxygen atoms in total. The van der Waals surface area contributed by atoms with Crippen LogP contribution in [0, 0.1) is 0 Å². The van der Waals surface area contributed by atoms with E-state index in [2.05, 4.69) is 0 Å². The summed E-state index contributed by atoms with van der Waals surface area (Å²) in [6.45, 7) is 3.47. The molecule has 8 rings (SSSR count). The molecular formula is C56H50O15. The Morgan fingerprint density at radius 2 is 0.507 bits per heavy atom. The minimum Gasteiger partial charge on any atom is -0.452 e. The highest BCUT2D eigenvalue weighted by molar-refractivity contribution is 5.92. The lowest BCUT2D eigenvalue weighted by atomic mass is 9.94. The number of benzene rings is 6. The van der Waals surface area contributed by atoms with E-state index >= 15 is 0 Å². The zero-order valence-electron chi connectivity index (χ0n) is 38.6. The van der Waals surface area contributed by atoms with E-state index in [9.17, 15) is 28.8 Å². The highest BCUT2D eigenvalue weighted by atomic mass is 16.8. The minimum absolute atomic E-state index is 0.0976. The van der Waals surface area contributed by atoms with Crippen LogP contribution in [0.1, 0.15) is 88.8 Å². The molecule has 0 aromatic heterocycles. The number of carbonyl (C=O) groups excluding carboxylic acids is 6. The summed E-state index contributed by atoms with van der Waals surface area (Å²) >= 11 is 0. The van der Waals surface area contributed by atoms with Crippen molar-refractivity contribution in [1.82, 2.24) is 0 Å². The standard InChI is InChI=1S/C56H50O15/c1-3-41-43(65-49(57)35-23-11-5-12-24-35)45(67-51(59)37-27-15-7-16-28-37)47(69-53(61)39-31-19-9-20-32-39)55(63-41)71-56-48(70-54(62)40-33-21-10-22-34-40)46(68-52(60)38-29-17-8-18-30-38)44(42(4-2)64-56)66-50(58)36-25-13-6-14-26-36/h5-34,41-48,55-56H,3-4H2,1-2H3/t41?,42?,43-,44+,45?,46?,47?,48?,55-,56-/m1/s1. The number of esters is 6. The lowest BCUT2D eigenvalue weighted by Gasteiger charge is -2.48. The van der Waals surface area contributed by atoms with Gasteiger partial charge in [0.15, 0.2) is 36.6 Å². The van der Waals surface area contributed by atoms with E-state index < -0.39 is 97.2 Å². The summed E-state index contributed by atoms with van der Waals surface area (Å²) in [5, 5.41) is 0.